The highest BCUT2D eigenvalue weighted by atomic mass is 79.9. The standard InChI is InChI=1S/C10H13BrN2O2/c1-14-10-8(11)6-12-7-9(10)13-2-4-15-5-3-13/h6-7H,2-5H2,1H3. The molecule has 0 aliphatic carbocycles. The van der Waals surface area contributed by atoms with E-state index in [0.29, 0.717) is 0 Å². The van der Waals surface area contributed by atoms with Crippen molar-refractivity contribution in [1.82, 2.24) is 4.98 Å². The molecule has 0 bridgehead atoms. The third-order valence-electron chi connectivity index (χ3n) is 2.39. The maximum absolute atomic E-state index is 5.36. The molecule has 1 fully saturated rings. The summed E-state index contributed by atoms with van der Waals surface area (Å²) in [6.07, 6.45) is 3.57. The zero-order valence-electron chi connectivity index (χ0n) is 8.57. The Morgan fingerprint density at radius 1 is 1.40 bits per heavy atom. The fourth-order valence-corrected chi connectivity index (χ4v) is 2.13. The third-order valence-corrected chi connectivity index (χ3v) is 2.96. The second-order valence-electron chi connectivity index (χ2n) is 3.27. The molecule has 0 spiro atoms. The van der Waals surface area contributed by atoms with E-state index in [1.54, 1.807) is 13.3 Å². The van der Waals surface area contributed by atoms with E-state index in [9.17, 15) is 0 Å². The summed E-state index contributed by atoms with van der Waals surface area (Å²) >= 11 is 3.43. The Labute approximate surface area is 97.3 Å². The van der Waals surface area contributed by atoms with Crippen molar-refractivity contribution in [2.45, 2.75) is 0 Å². The summed E-state index contributed by atoms with van der Waals surface area (Å²) in [5, 5.41) is 0. The van der Waals surface area contributed by atoms with Crippen molar-refractivity contribution in [3.05, 3.63) is 16.9 Å². The van der Waals surface area contributed by atoms with Crippen LogP contribution in [0.5, 0.6) is 5.75 Å². The molecule has 0 amide bonds. The molecule has 2 rings (SSSR count). The smallest absolute Gasteiger partial charge is 0.159 e. The number of rotatable bonds is 2. The average Bonchev–Trinajstić information content (AvgIpc) is 2.30. The second kappa shape index (κ2) is 4.81. The number of hydrogen-bond donors (Lipinski definition) is 0. The van der Waals surface area contributed by atoms with Crippen LogP contribution in [-0.4, -0.2) is 38.4 Å². The predicted molar refractivity (Wildman–Crippen MR) is 61.5 cm³/mol. The van der Waals surface area contributed by atoms with Crippen molar-refractivity contribution < 1.29 is 9.47 Å². The van der Waals surface area contributed by atoms with E-state index in [2.05, 4.69) is 25.8 Å². The van der Waals surface area contributed by atoms with Gasteiger partial charge < -0.3 is 14.4 Å². The summed E-state index contributed by atoms with van der Waals surface area (Å²) < 4.78 is 11.6. The Morgan fingerprint density at radius 2 is 2.13 bits per heavy atom. The third kappa shape index (κ3) is 2.23. The molecule has 4 nitrogen and oxygen atoms in total. The largest absolute Gasteiger partial charge is 0.493 e. The monoisotopic (exact) mass is 272 g/mol. The number of nitrogens with zero attached hydrogens (tertiary/aromatic N) is 2. The number of pyridine rings is 1. The van der Waals surface area contributed by atoms with Gasteiger partial charge in [-0.25, -0.2) is 0 Å². The van der Waals surface area contributed by atoms with Crippen LogP contribution < -0.4 is 9.64 Å². The number of aromatic nitrogens is 1. The molecule has 1 aliphatic heterocycles. The minimum absolute atomic E-state index is 0.760. The topological polar surface area (TPSA) is 34.6 Å². The van der Waals surface area contributed by atoms with Gasteiger partial charge in [-0.05, 0) is 15.9 Å². The minimum Gasteiger partial charge on any atom is -0.493 e. The molecule has 5 heteroatoms. The fourth-order valence-electron chi connectivity index (χ4n) is 1.64. The first-order chi connectivity index (χ1) is 7.33. The lowest BCUT2D eigenvalue weighted by atomic mass is 10.3. The van der Waals surface area contributed by atoms with Crippen molar-refractivity contribution in [3.8, 4) is 5.75 Å². The highest BCUT2D eigenvalue weighted by Gasteiger charge is 2.17. The average molecular weight is 273 g/mol. The van der Waals surface area contributed by atoms with E-state index in [0.717, 1.165) is 42.2 Å². The highest BCUT2D eigenvalue weighted by molar-refractivity contribution is 9.10. The Bertz CT molecular complexity index is 340. The number of hydrogen-bond acceptors (Lipinski definition) is 4. The Balaban J connectivity index is 2.29. The van der Waals surface area contributed by atoms with Crippen molar-refractivity contribution in [2.75, 3.05) is 38.3 Å². The minimum atomic E-state index is 0.760. The summed E-state index contributed by atoms with van der Waals surface area (Å²) in [7, 11) is 1.67. The van der Waals surface area contributed by atoms with Gasteiger partial charge in [-0.2, -0.15) is 0 Å². The van der Waals surface area contributed by atoms with Crippen molar-refractivity contribution in [3.63, 3.8) is 0 Å². The molecule has 82 valence electrons. The van der Waals surface area contributed by atoms with E-state index < -0.39 is 0 Å². The number of ether oxygens (including phenoxy) is 2. The van der Waals surface area contributed by atoms with Gasteiger partial charge in [0.05, 0.1) is 36.7 Å². The van der Waals surface area contributed by atoms with Crippen LogP contribution in [0.15, 0.2) is 16.9 Å². The summed E-state index contributed by atoms with van der Waals surface area (Å²) in [6, 6.07) is 0. The van der Waals surface area contributed by atoms with Crippen LogP contribution in [0.3, 0.4) is 0 Å². The number of anilines is 1. The van der Waals surface area contributed by atoms with Gasteiger partial charge in [0.25, 0.3) is 0 Å². The van der Waals surface area contributed by atoms with E-state index in [-0.39, 0.29) is 0 Å². The Hall–Kier alpha value is -0.810. The summed E-state index contributed by atoms with van der Waals surface area (Å²) in [5.74, 6) is 0.840. The molecule has 0 N–H and O–H groups in total. The van der Waals surface area contributed by atoms with Crippen molar-refractivity contribution in [2.24, 2.45) is 0 Å². The van der Waals surface area contributed by atoms with Gasteiger partial charge in [-0.1, -0.05) is 0 Å². The molecule has 1 saturated heterocycles. The number of morpholine rings is 1. The zero-order chi connectivity index (χ0) is 10.7. The molecule has 0 unspecified atom stereocenters. The van der Waals surface area contributed by atoms with Crippen molar-refractivity contribution >= 4 is 21.6 Å². The molecule has 0 radical (unpaired) electrons. The SMILES string of the molecule is COc1c(Br)cncc1N1CCOCC1. The van der Waals surface area contributed by atoms with Gasteiger partial charge in [0.1, 0.15) is 0 Å². The van der Waals surface area contributed by atoms with Gasteiger partial charge in [0, 0.05) is 19.3 Å². The molecule has 1 aromatic heterocycles. The van der Waals surface area contributed by atoms with Gasteiger partial charge in [-0.15, -0.1) is 0 Å². The first kappa shape index (κ1) is 10.7. The molecular weight excluding hydrogens is 260 g/mol. The first-order valence-corrected chi connectivity index (χ1v) is 5.62. The number of halogens is 1. The lowest BCUT2D eigenvalue weighted by Gasteiger charge is -2.29. The predicted octanol–water partition coefficient (Wildman–Crippen LogP) is 1.69. The van der Waals surface area contributed by atoms with Crippen LogP contribution >= 0.6 is 15.9 Å². The summed E-state index contributed by atoms with van der Waals surface area (Å²) in [6.45, 7) is 3.29. The van der Waals surface area contributed by atoms with Crippen LogP contribution in [0.1, 0.15) is 0 Å². The Kier molecular flexibility index (Phi) is 3.43. The van der Waals surface area contributed by atoms with Gasteiger partial charge >= 0.3 is 0 Å². The zero-order valence-corrected chi connectivity index (χ0v) is 10.2. The molecule has 15 heavy (non-hydrogen) atoms. The van der Waals surface area contributed by atoms with Crippen LogP contribution in [0.25, 0.3) is 0 Å². The summed E-state index contributed by atoms with van der Waals surface area (Å²) in [5.41, 5.74) is 1.02. The molecular formula is C10H13BrN2O2. The molecule has 0 aromatic carbocycles. The normalized spacial score (nSPS) is 16.5. The van der Waals surface area contributed by atoms with Crippen LogP contribution in [0.2, 0.25) is 0 Å². The lowest BCUT2D eigenvalue weighted by molar-refractivity contribution is 0.122. The van der Waals surface area contributed by atoms with Crippen LogP contribution in [-0.2, 0) is 4.74 Å². The van der Waals surface area contributed by atoms with Crippen molar-refractivity contribution in [1.29, 1.82) is 0 Å². The fraction of sp³-hybridized carbons (Fsp3) is 0.500. The molecule has 1 aliphatic rings. The second-order valence-corrected chi connectivity index (χ2v) is 4.13. The molecule has 2 heterocycles. The van der Waals surface area contributed by atoms with Gasteiger partial charge in [0.2, 0.25) is 0 Å². The van der Waals surface area contributed by atoms with E-state index in [1.165, 1.54) is 0 Å². The highest BCUT2D eigenvalue weighted by Crippen LogP contribution is 2.34. The first-order valence-electron chi connectivity index (χ1n) is 4.83. The molecule has 0 atom stereocenters. The lowest BCUT2D eigenvalue weighted by Crippen LogP contribution is -2.36. The van der Waals surface area contributed by atoms with E-state index in [1.807, 2.05) is 6.20 Å². The summed E-state index contributed by atoms with van der Waals surface area (Å²) in [4.78, 5) is 6.38. The maximum Gasteiger partial charge on any atom is 0.159 e. The Morgan fingerprint density at radius 3 is 2.80 bits per heavy atom. The molecule has 1 aromatic rings. The maximum atomic E-state index is 5.36. The number of methoxy groups -OCH3 is 1. The quantitative estimate of drug-likeness (QED) is 0.821. The van der Waals surface area contributed by atoms with Gasteiger partial charge in [-0.3, -0.25) is 4.98 Å². The van der Waals surface area contributed by atoms with Crippen LogP contribution in [0.4, 0.5) is 5.69 Å². The van der Waals surface area contributed by atoms with Crippen LogP contribution in [0, 0.1) is 0 Å². The van der Waals surface area contributed by atoms with E-state index in [4.69, 9.17) is 9.47 Å². The molecule has 0 saturated carbocycles. The van der Waals surface area contributed by atoms with E-state index >= 15 is 0 Å². The van der Waals surface area contributed by atoms with Gasteiger partial charge in [0.15, 0.2) is 5.75 Å².